The van der Waals surface area contributed by atoms with Crippen molar-refractivity contribution in [2.24, 2.45) is 0 Å². The number of nitrogens with zero attached hydrogens (tertiary/aromatic N) is 1. The predicted octanol–water partition coefficient (Wildman–Crippen LogP) is 4.20. The fourth-order valence-corrected chi connectivity index (χ4v) is 3.61. The molecule has 0 bridgehead atoms. The van der Waals surface area contributed by atoms with Crippen molar-refractivity contribution in [3.8, 4) is 10.6 Å². The SMILES string of the molecule is Cc1ccccc1-c1nc(C(=O)N[C@@H](CC(=O)O)c2ccccc2F)cs1. The van der Waals surface area contributed by atoms with Crippen LogP contribution in [0.15, 0.2) is 53.9 Å². The van der Waals surface area contributed by atoms with E-state index in [2.05, 4.69) is 10.3 Å². The highest BCUT2D eigenvalue weighted by Gasteiger charge is 2.23. The highest BCUT2D eigenvalue weighted by Crippen LogP contribution is 2.27. The van der Waals surface area contributed by atoms with Crippen molar-refractivity contribution < 1.29 is 19.1 Å². The van der Waals surface area contributed by atoms with E-state index in [9.17, 15) is 14.0 Å². The standard InChI is InChI=1S/C20H17FN2O3S/c1-12-6-2-3-7-13(12)20-23-17(11-27-20)19(26)22-16(10-18(24)25)14-8-4-5-9-15(14)21/h2-9,11,16H,10H2,1H3,(H,22,26)(H,24,25)/t16-/m0/s1. The topological polar surface area (TPSA) is 79.3 Å². The summed E-state index contributed by atoms with van der Waals surface area (Å²) >= 11 is 1.32. The molecule has 0 spiro atoms. The third kappa shape index (κ3) is 4.38. The fourth-order valence-electron chi connectivity index (χ4n) is 2.72. The van der Waals surface area contributed by atoms with E-state index in [4.69, 9.17) is 5.11 Å². The van der Waals surface area contributed by atoms with E-state index >= 15 is 0 Å². The van der Waals surface area contributed by atoms with Crippen molar-refractivity contribution in [1.82, 2.24) is 10.3 Å². The van der Waals surface area contributed by atoms with Crippen LogP contribution in [0.25, 0.3) is 10.6 Å². The molecule has 1 aromatic heterocycles. The van der Waals surface area contributed by atoms with E-state index in [1.54, 1.807) is 11.4 Å². The Balaban J connectivity index is 1.83. The van der Waals surface area contributed by atoms with E-state index < -0.39 is 30.2 Å². The summed E-state index contributed by atoms with van der Waals surface area (Å²) in [6.07, 6.45) is -0.429. The van der Waals surface area contributed by atoms with Gasteiger partial charge in [-0.25, -0.2) is 9.37 Å². The molecule has 2 aromatic carbocycles. The van der Waals surface area contributed by atoms with Crippen molar-refractivity contribution in [1.29, 1.82) is 0 Å². The molecule has 0 saturated carbocycles. The van der Waals surface area contributed by atoms with E-state index in [1.807, 2.05) is 31.2 Å². The van der Waals surface area contributed by atoms with Gasteiger partial charge in [-0.05, 0) is 18.6 Å². The van der Waals surface area contributed by atoms with Crippen molar-refractivity contribution in [3.05, 3.63) is 76.5 Å². The zero-order valence-corrected chi connectivity index (χ0v) is 15.3. The molecule has 0 radical (unpaired) electrons. The van der Waals surface area contributed by atoms with Gasteiger partial charge >= 0.3 is 5.97 Å². The van der Waals surface area contributed by atoms with Gasteiger partial charge in [0.25, 0.3) is 5.91 Å². The molecule has 7 heteroatoms. The van der Waals surface area contributed by atoms with Gasteiger partial charge in [0.1, 0.15) is 16.5 Å². The van der Waals surface area contributed by atoms with Crippen LogP contribution < -0.4 is 5.32 Å². The number of halogens is 1. The molecule has 0 aliphatic rings. The normalized spacial score (nSPS) is 11.8. The van der Waals surface area contributed by atoms with Crippen LogP contribution in [0, 0.1) is 12.7 Å². The first-order valence-electron chi connectivity index (χ1n) is 8.24. The van der Waals surface area contributed by atoms with Gasteiger partial charge in [0.15, 0.2) is 0 Å². The average molecular weight is 384 g/mol. The maximum atomic E-state index is 14.1. The second kappa shape index (κ2) is 8.09. The van der Waals surface area contributed by atoms with Gasteiger partial charge in [-0.3, -0.25) is 9.59 Å². The van der Waals surface area contributed by atoms with Crippen LogP contribution in [0.5, 0.6) is 0 Å². The monoisotopic (exact) mass is 384 g/mol. The Kier molecular flexibility index (Phi) is 5.61. The van der Waals surface area contributed by atoms with Crippen molar-refractivity contribution in [3.63, 3.8) is 0 Å². The Bertz CT molecular complexity index is 987. The second-order valence-electron chi connectivity index (χ2n) is 6.00. The number of rotatable bonds is 6. The maximum absolute atomic E-state index is 14.1. The summed E-state index contributed by atoms with van der Waals surface area (Å²) in [6.45, 7) is 1.96. The smallest absolute Gasteiger partial charge is 0.305 e. The minimum Gasteiger partial charge on any atom is -0.481 e. The molecular formula is C20H17FN2O3S. The lowest BCUT2D eigenvalue weighted by Crippen LogP contribution is -2.31. The molecule has 1 amide bonds. The average Bonchev–Trinajstić information content (AvgIpc) is 3.11. The number of nitrogens with one attached hydrogen (secondary N) is 1. The highest BCUT2D eigenvalue weighted by atomic mass is 32.1. The molecule has 0 aliphatic carbocycles. The minimum atomic E-state index is -1.14. The lowest BCUT2D eigenvalue weighted by molar-refractivity contribution is -0.137. The fraction of sp³-hybridized carbons (Fsp3) is 0.150. The first-order chi connectivity index (χ1) is 13.0. The predicted molar refractivity (Wildman–Crippen MR) is 101 cm³/mol. The number of amides is 1. The van der Waals surface area contributed by atoms with E-state index in [0.29, 0.717) is 5.01 Å². The molecule has 0 fully saturated rings. The Morgan fingerprint density at radius 2 is 1.89 bits per heavy atom. The molecule has 1 heterocycles. The number of benzene rings is 2. The Morgan fingerprint density at radius 1 is 1.19 bits per heavy atom. The van der Waals surface area contributed by atoms with Crippen molar-refractivity contribution in [2.75, 3.05) is 0 Å². The highest BCUT2D eigenvalue weighted by molar-refractivity contribution is 7.13. The summed E-state index contributed by atoms with van der Waals surface area (Å²) in [7, 11) is 0. The summed E-state index contributed by atoms with van der Waals surface area (Å²) in [5.41, 5.74) is 2.26. The van der Waals surface area contributed by atoms with Gasteiger partial charge in [0.2, 0.25) is 0 Å². The Labute approximate surface area is 159 Å². The third-order valence-corrected chi connectivity index (χ3v) is 4.95. The lowest BCUT2D eigenvalue weighted by atomic mass is 10.0. The minimum absolute atomic E-state index is 0.127. The molecule has 5 nitrogen and oxygen atoms in total. The molecule has 1 atom stereocenters. The molecule has 27 heavy (non-hydrogen) atoms. The summed E-state index contributed by atoms with van der Waals surface area (Å²) in [4.78, 5) is 28.1. The lowest BCUT2D eigenvalue weighted by Gasteiger charge is -2.17. The van der Waals surface area contributed by atoms with Crippen LogP contribution in [0.4, 0.5) is 4.39 Å². The first-order valence-corrected chi connectivity index (χ1v) is 9.12. The molecule has 3 rings (SSSR count). The number of carboxylic acids is 1. The van der Waals surface area contributed by atoms with E-state index in [-0.39, 0.29) is 11.3 Å². The molecule has 0 saturated heterocycles. The number of aliphatic carboxylic acids is 1. The van der Waals surface area contributed by atoms with Crippen LogP contribution in [0.2, 0.25) is 0 Å². The number of carbonyl (C=O) groups is 2. The van der Waals surface area contributed by atoms with Gasteiger partial charge in [0, 0.05) is 16.5 Å². The maximum Gasteiger partial charge on any atom is 0.305 e. The first kappa shape index (κ1) is 18.7. The molecule has 138 valence electrons. The van der Waals surface area contributed by atoms with Crippen LogP contribution >= 0.6 is 11.3 Å². The summed E-state index contributed by atoms with van der Waals surface area (Å²) < 4.78 is 14.1. The zero-order chi connectivity index (χ0) is 19.4. The van der Waals surface area contributed by atoms with Crippen LogP contribution in [0.3, 0.4) is 0 Å². The summed E-state index contributed by atoms with van der Waals surface area (Å²) in [5.74, 6) is -2.24. The summed E-state index contributed by atoms with van der Waals surface area (Å²) in [6, 6.07) is 12.5. The molecule has 2 N–H and O–H groups in total. The van der Waals surface area contributed by atoms with Gasteiger partial charge in [-0.15, -0.1) is 11.3 Å². The van der Waals surface area contributed by atoms with Crippen molar-refractivity contribution >= 4 is 23.2 Å². The number of thiazole rings is 1. The van der Waals surface area contributed by atoms with E-state index in [0.717, 1.165) is 11.1 Å². The van der Waals surface area contributed by atoms with Gasteiger partial charge in [-0.2, -0.15) is 0 Å². The Morgan fingerprint density at radius 3 is 2.59 bits per heavy atom. The number of carbonyl (C=O) groups excluding carboxylic acids is 1. The summed E-state index contributed by atoms with van der Waals surface area (Å²) in [5, 5.41) is 14.0. The zero-order valence-electron chi connectivity index (χ0n) is 14.5. The van der Waals surface area contributed by atoms with Crippen molar-refractivity contribution in [2.45, 2.75) is 19.4 Å². The molecule has 0 aliphatic heterocycles. The van der Waals surface area contributed by atoms with Gasteiger partial charge in [0.05, 0.1) is 12.5 Å². The number of aryl methyl sites for hydroxylation is 1. The number of hydrogen-bond acceptors (Lipinski definition) is 4. The second-order valence-corrected chi connectivity index (χ2v) is 6.86. The van der Waals surface area contributed by atoms with Crippen LogP contribution in [-0.2, 0) is 4.79 Å². The third-order valence-electron chi connectivity index (χ3n) is 4.08. The quantitative estimate of drug-likeness (QED) is 0.667. The Hall–Kier alpha value is -3.06. The van der Waals surface area contributed by atoms with Gasteiger partial charge < -0.3 is 10.4 Å². The molecule has 0 unspecified atom stereocenters. The molecule has 3 aromatic rings. The largest absolute Gasteiger partial charge is 0.481 e. The molecular weight excluding hydrogens is 367 g/mol. The number of hydrogen-bond donors (Lipinski definition) is 2. The number of aromatic nitrogens is 1. The number of carboxylic acid groups (broad SMARTS) is 1. The van der Waals surface area contributed by atoms with E-state index in [1.165, 1.54) is 29.5 Å². The van der Waals surface area contributed by atoms with Crippen LogP contribution in [-0.4, -0.2) is 22.0 Å². The van der Waals surface area contributed by atoms with Gasteiger partial charge in [-0.1, -0.05) is 42.5 Å². The van der Waals surface area contributed by atoms with Crippen LogP contribution in [0.1, 0.15) is 34.1 Å².